The van der Waals surface area contributed by atoms with E-state index in [4.69, 9.17) is 4.74 Å². The zero-order chi connectivity index (χ0) is 14.5. The van der Waals surface area contributed by atoms with E-state index in [1.807, 2.05) is 11.8 Å². The van der Waals surface area contributed by atoms with Crippen LogP contribution in [0.3, 0.4) is 0 Å². The molecule has 0 radical (unpaired) electrons. The second kappa shape index (κ2) is 6.51. The number of anilines is 2. The maximum atomic E-state index is 11.2. The lowest BCUT2D eigenvalue weighted by atomic mass is 10.2. The smallest absolute Gasteiger partial charge is 0.311 e. The molecule has 1 unspecified atom stereocenters. The van der Waals surface area contributed by atoms with E-state index in [0.29, 0.717) is 24.7 Å². The summed E-state index contributed by atoms with van der Waals surface area (Å²) in [7, 11) is 1.74. The summed E-state index contributed by atoms with van der Waals surface area (Å²) in [5.74, 6) is 1.02. The molecule has 1 N–H and O–H groups in total. The van der Waals surface area contributed by atoms with Crippen LogP contribution in [-0.4, -0.2) is 42.8 Å². The molecular weight excluding hydrogens is 260 g/mol. The molecule has 20 heavy (non-hydrogen) atoms. The number of pyridine rings is 1. The standard InChI is InChI=1S/C13H20N4O3/c1-3-16(9-10-5-4-8-20-10)13-11(17(18)19)6-7-12(14-2)15-13/h6-7,10H,3-5,8-9H2,1-2H3,(H,14,15). The van der Waals surface area contributed by atoms with Gasteiger partial charge >= 0.3 is 5.69 Å². The fourth-order valence-electron chi connectivity index (χ4n) is 2.35. The summed E-state index contributed by atoms with van der Waals surface area (Å²) in [5, 5.41) is 14.1. The van der Waals surface area contributed by atoms with Crippen LogP contribution in [0, 0.1) is 10.1 Å². The Morgan fingerprint density at radius 1 is 1.60 bits per heavy atom. The Hall–Kier alpha value is -1.89. The number of hydrogen-bond donors (Lipinski definition) is 1. The topological polar surface area (TPSA) is 80.5 Å². The fourth-order valence-corrected chi connectivity index (χ4v) is 2.35. The van der Waals surface area contributed by atoms with Crippen LogP contribution >= 0.6 is 0 Å². The summed E-state index contributed by atoms with van der Waals surface area (Å²) in [4.78, 5) is 17.0. The van der Waals surface area contributed by atoms with Gasteiger partial charge in [0.15, 0.2) is 0 Å². The molecule has 0 saturated carbocycles. The van der Waals surface area contributed by atoms with Crippen molar-refractivity contribution in [2.24, 2.45) is 0 Å². The Labute approximate surface area is 118 Å². The van der Waals surface area contributed by atoms with Crippen LogP contribution < -0.4 is 10.2 Å². The third kappa shape index (κ3) is 3.16. The lowest BCUT2D eigenvalue weighted by Crippen LogP contribution is -2.33. The molecule has 2 rings (SSSR count). The zero-order valence-electron chi connectivity index (χ0n) is 11.8. The maximum absolute atomic E-state index is 11.2. The van der Waals surface area contributed by atoms with Crippen molar-refractivity contribution in [3.8, 4) is 0 Å². The molecular formula is C13H20N4O3. The van der Waals surface area contributed by atoms with E-state index in [2.05, 4.69) is 10.3 Å². The predicted octanol–water partition coefficient (Wildman–Crippen LogP) is 2.04. The number of nitrogens with zero attached hydrogens (tertiary/aromatic N) is 3. The van der Waals surface area contributed by atoms with Gasteiger partial charge in [-0.2, -0.15) is 0 Å². The number of likely N-dealkylation sites (N-methyl/N-ethyl adjacent to an activating group) is 1. The monoisotopic (exact) mass is 280 g/mol. The van der Waals surface area contributed by atoms with Crippen LogP contribution in [0.2, 0.25) is 0 Å². The lowest BCUT2D eigenvalue weighted by Gasteiger charge is -2.24. The van der Waals surface area contributed by atoms with Crippen LogP contribution in [0.15, 0.2) is 12.1 Å². The molecule has 0 spiro atoms. The zero-order valence-corrected chi connectivity index (χ0v) is 11.8. The first kappa shape index (κ1) is 14.5. The second-order valence-corrected chi connectivity index (χ2v) is 4.72. The number of rotatable bonds is 6. The van der Waals surface area contributed by atoms with Crippen LogP contribution in [0.4, 0.5) is 17.3 Å². The van der Waals surface area contributed by atoms with Crippen molar-refractivity contribution in [1.82, 2.24) is 4.98 Å². The Bertz CT molecular complexity index is 475. The highest BCUT2D eigenvalue weighted by Gasteiger charge is 2.25. The Kier molecular flexibility index (Phi) is 4.73. The summed E-state index contributed by atoms with van der Waals surface area (Å²) in [6.07, 6.45) is 2.18. The molecule has 1 aromatic rings. The van der Waals surface area contributed by atoms with Gasteiger partial charge in [-0.25, -0.2) is 4.98 Å². The van der Waals surface area contributed by atoms with E-state index in [1.54, 1.807) is 13.1 Å². The third-order valence-electron chi connectivity index (χ3n) is 3.44. The molecule has 1 aliphatic rings. The Morgan fingerprint density at radius 3 is 2.95 bits per heavy atom. The number of aromatic nitrogens is 1. The summed E-state index contributed by atoms with van der Waals surface area (Å²) < 4.78 is 5.61. The van der Waals surface area contributed by atoms with Crippen molar-refractivity contribution in [2.45, 2.75) is 25.9 Å². The van der Waals surface area contributed by atoms with Crippen LogP contribution in [0.25, 0.3) is 0 Å². The normalized spacial score (nSPS) is 18.0. The summed E-state index contributed by atoms with van der Waals surface area (Å²) >= 11 is 0. The van der Waals surface area contributed by atoms with E-state index >= 15 is 0 Å². The van der Waals surface area contributed by atoms with Gasteiger partial charge in [-0.3, -0.25) is 10.1 Å². The molecule has 110 valence electrons. The molecule has 1 saturated heterocycles. The van der Waals surface area contributed by atoms with Gasteiger partial charge in [0, 0.05) is 32.8 Å². The van der Waals surface area contributed by atoms with E-state index in [1.165, 1.54) is 6.07 Å². The van der Waals surface area contributed by atoms with E-state index in [9.17, 15) is 10.1 Å². The van der Waals surface area contributed by atoms with Crippen molar-refractivity contribution < 1.29 is 9.66 Å². The van der Waals surface area contributed by atoms with Crippen LogP contribution in [0.1, 0.15) is 19.8 Å². The first-order chi connectivity index (χ1) is 9.65. The van der Waals surface area contributed by atoms with Gasteiger partial charge in [-0.15, -0.1) is 0 Å². The number of nitro groups is 1. The molecule has 2 heterocycles. The second-order valence-electron chi connectivity index (χ2n) is 4.72. The highest BCUT2D eigenvalue weighted by Crippen LogP contribution is 2.28. The van der Waals surface area contributed by atoms with E-state index in [-0.39, 0.29) is 16.7 Å². The molecule has 0 aliphatic carbocycles. The van der Waals surface area contributed by atoms with Crippen molar-refractivity contribution >= 4 is 17.3 Å². The highest BCUT2D eigenvalue weighted by atomic mass is 16.6. The Morgan fingerprint density at radius 2 is 2.40 bits per heavy atom. The van der Waals surface area contributed by atoms with Gasteiger partial charge in [-0.1, -0.05) is 0 Å². The van der Waals surface area contributed by atoms with Crippen molar-refractivity contribution in [2.75, 3.05) is 37.0 Å². The molecule has 7 nitrogen and oxygen atoms in total. The van der Waals surface area contributed by atoms with Crippen molar-refractivity contribution in [3.63, 3.8) is 0 Å². The molecule has 1 fully saturated rings. The van der Waals surface area contributed by atoms with Crippen molar-refractivity contribution in [1.29, 1.82) is 0 Å². The first-order valence-corrected chi connectivity index (χ1v) is 6.85. The molecule has 0 aromatic carbocycles. The van der Waals surface area contributed by atoms with Crippen LogP contribution in [-0.2, 0) is 4.74 Å². The van der Waals surface area contributed by atoms with Gasteiger partial charge in [0.2, 0.25) is 5.82 Å². The molecule has 1 aliphatic heterocycles. The molecule has 0 bridgehead atoms. The number of nitrogens with one attached hydrogen (secondary N) is 1. The quantitative estimate of drug-likeness (QED) is 0.634. The molecule has 0 amide bonds. The molecule has 7 heteroatoms. The van der Waals surface area contributed by atoms with Gasteiger partial charge in [0.1, 0.15) is 5.82 Å². The average molecular weight is 280 g/mol. The van der Waals surface area contributed by atoms with Crippen molar-refractivity contribution in [3.05, 3.63) is 22.2 Å². The predicted molar refractivity (Wildman–Crippen MR) is 77.3 cm³/mol. The largest absolute Gasteiger partial charge is 0.376 e. The van der Waals surface area contributed by atoms with Gasteiger partial charge in [0.05, 0.1) is 11.0 Å². The van der Waals surface area contributed by atoms with E-state index < -0.39 is 0 Å². The summed E-state index contributed by atoms with van der Waals surface area (Å²) in [6, 6.07) is 3.11. The third-order valence-corrected chi connectivity index (χ3v) is 3.44. The highest BCUT2D eigenvalue weighted by molar-refractivity contribution is 5.61. The van der Waals surface area contributed by atoms with E-state index in [0.717, 1.165) is 19.4 Å². The summed E-state index contributed by atoms with van der Waals surface area (Å²) in [5.41, 5.74) is 0.0313. The minimum atomic E-state index is -0.389. The van der Waals surface area contributed by atoms with Gasteiger partial charge < -0.3 is 15.0 Å². The fraction of sp³-hybridized carbons (Fsp3) is 0.615. The maximum Gasteiger partial charge on any atom is 0.311 e. The number of ether oxygens (including phenoxy) is 1. The van der Waals surface area contributed by atoms with Gasteiger partial charge in [-0.05, 0) is 25.8 Å². The Balaban J connectivity index is 2.27. The summed E-state index contributed by atoms with van der Waals surface area (Å²) in [6.45, 7) is 4.03. The number of hydrogen-bond acceptors (Lipinski definition) is 6. The average Bonchev–Trinajstić information content (AvgIpc) is 2.97. The minimum Gasteiger partial charge on any atom is -0.376 e. The van der Waals surface area contributed by atoms with Gasteiger partial charge in [0.25, 0.3) is 0 Å². The SMILES string of the molecule is CCN(CC1CCCO1)c1nc(NC)ccc1[N+](=O)[O-]. The lowest BCUT2D eigenvalue weighted by molar-refractivity contribution is -0.384. The van der Waals surface area contributed by atoms with Crippen LogP contribution in [0.5, 0.6) is 0 Å². The minimum absolute atomic E-state index is 0.0313. The first-order valence-electron chi connectivity index (χ1n) is 6.85. The molecule has 1 atom stereocenters. The molecule has 1 aromatic heterocycles.